The van der Waals surface area contributed by atoms with Crippen molar-refractivity contribution in [3.8, 4) is 5.75 Å². The van der Waals surface area contributed by atoms with Crippen LogP contribution < -0.4 is 10.1 Å². The number of hydrogen-bond donors (Lipinski definition) is 1. The van der Waals surface area contributed by atoms with Crippen molar-refractivity contribution >= 4 is 23.3 Å². The van der Waals surface area contributed by atoms with Crippen molar-refractivity contribution in [1.29, 1.82) is 0 Å². The van der Waals surface area contributed by atoms with Crippen LogP contribution in [-0.4, -0.2) is 40.0 Å². The molecule has 10 heteroatoms. The summed E-state index contributed by atoms with van der Waals surface area (Å²) >= 11 is 0. The molecule has 1 N–H and O–H groups in total. The molecule has 0 fully saturated rings. The number of rotatable bonds is 6. The predicted octanol–water partition coefficient (Wildman–Crippen LogP) is 1.58. The highest BCUT2D eigenvalue weighted by Crippen LogP contribution is 2.29. The van der Waals surface area contributed by atoms with Gasteiger partial charge in [0, 0.05) is 24.5 Å². The quantitative estimate of drug-likeness (QED) is 0.473. The lowest BCUT2D eigenvalue weighted by Crippen LogP contribution is -2.30. The van der Waals surface area contributed by atoms with Crippen LogP contribution in [0.25, 0.3) is 0 Å². The summed E-state index contributed by atoms with van der Waals surface area (Å²) in [7, 11) is 1.36. The minimum absolute atomic E-state index is 0.0462. The minimum Gasteiger partial charge on any atom is -0.495 e. The van der Waals surface area contributed by atoms with E-state index in [0.717, 1.165) is 6.07 Å². The number of nitrogens with one attached hydrogen (secondary N) is 1. The van der Waals surface area contributed by atoms with Crippen LogP contribution in [0.3, 0.4) is 0 Å². The molecule has 25 heavy (non-hydrogen) atoms. The number of benzene rings is 1. The number of hydrogen-bond acceptors (Lipinski definition) is 8. The first-order valence-electron chi connectivity index (χ1n) is 7.02. The number of carbonyl (C=O) groups excluding carboxylic acids is 2. The Morgan fingerprint density at radius 3 is 2.68 bits per heavy atom. The lowest BCUT2D eigenvalue weighted by atomic mass is 10.2. The molecule has 1 atom stereocenters. The number of ether oxygens (including phenoxy) is 2. The zero-order valence-electron chi connectivity index (χ0n) is 13.3. The van der Waals surface area contributed by atoms with E-state index in [1.165, 1.54) is 44.8 Å². The number of anilines is 1. The van der Waals surface area contributed by atoms with E-state index in [1.54, 1.807) is 0 Å². The topological polar surface area (TPSA) is 134 Å². The van der Waals surface area contributed by atoms with Crippen molar-refractivity contribution in [3.63, 3.8) is 0 Å². The van der Waals surface area contributed by atoms with Crippen LogP contribution in [0.4, 0.5) is 11.4 Å². The van der Waals surface area contributed by atoms with Crippen molar-refractivity contribution in [2.75, 3.05) is 12.4 Å². The summed E-state index contributed by atoms with van der Waals surface area (Å²) in [4.78, 5) is 41.8. The molecule has 1 heterocycles. The fourth-order valence-corrected chi connectivity index (χ4v) is 1.82. The molecule has 1 aromatic carbocycles. The highest BCUT2D eigenvalue weighted by molar-refractivity contribution is 5.97. The second-order valence-electron chi connectivity index (χ2n) is 4.77. The lowest BCUT2D eigenvalue weighted by Gasteiger charge is -2.14. The van der Waals surface area contributed by atoms with E-state index in [-0.39, 0.29) is 22.8 Å². The van der Waals surface area contributed by atoms with Crippen molar-refractivity contribution in [1.82, 2.24) is 9.97 Å². The molecular formula is C15H14N4O6. The first-order chi connectivity index (χ1) is 11.9. The van der Waals surface area contributed by atoms with Gasteiger partial charge in [-0.2, -0.15) is 0 Å². The highest BCUT2D eigenvalue weighted by Gasteiger charge is 2.22. The van der Waals surface area contributed by atoms with Gasteiger partial charge in [-0.25, -0.2) is 9.78 Å². The monoisotopic (exact) mass is 346 g/mol. The van der Waals surface area contributed by atoms with Crippen molar-refractivity contribution in [2.45, 2.75) is 13.0 Å². The first-order valence-corrected chi connectivity index (χ1v) is 7.02. The van der Waals surface area contributed by atoms with Gasteiger partial charge in [0.2, 0.25) is 0 Å². The fourth-order valence-electron chi connectivity index (χ4n) is 1.82. The maximum Gasteiger partial charge on any atom is 0.359 e. The van der Waals surface area contributed by atoms with Gasteiger partial charge in [0.15, 0.2) is 11.8 Å². The average molecular weight is 346 g/mol. The molecule has 0 spiro atoms. The second kappa shape index (κ2) is 7.81. The van der Waals surface area contributed by atoms with Crippen molar-refractivity contribution < 1.29 is 24.0 Å². The van der Waals surface area contributed by atoms with Crippen LogP contribution in [0.2, 0.25) is 0 Å². The molecule has 0 saturated heterocycles. The number of nitro groups is 1. The van der Waals surface area contributed by atoms with Gasteiger partial charge in [0.05, 0.1) is 23.9 Å². The largest absolute Gasteiger partial charge is 0.495 e. The molecule has 2 rings (SSSR count). The Labute approximate surface area is 142 Å². The molecule has 0 aliphatic rings. The molecule has 0 unspecified atom stereocenters. The lowest BCUT2D eigenvalue weighted by molar-refractivity contribution is -0.384. The van der Waals surface area contributed by atoms with Crippen LogP contribution in [-0.2, 0) is 9.53 Å². The fraction of sp³-hybridized carbons (Fsp3) is 0.200. The summed E-state index contributed by atoms with van der Waals surface area (Å²) in [6.45, 7) is 1.35. The van der Waals surface area contributed by atoms with E-state index in [2.05, 4.69) is 15.3 Å². The number of amides is 1. The van der Waals surface area contributed by atoms with E-state index >= 15 is 0 Å². The first kappa shape index (κ1) is 17.8. The Morgan fingerprint density at radius 2 is 2.08 bits per heavy atom. The number of esters is 1. The third kappa shape index (κ3) is 4.47. The Kier molecular flexibility index (Phi) is 5.56. The molecule has 130 valence electrons. The Hall–Kier alpha value is -3.56. The summed E-state index contributed by atoms with van der Waals surface area (Å²) in [5.41, 5.74) is -0.181. The molecule has 0 radical (unpaired) electrons. The number of non-ortho nitro benzene ring substituents is 1. The number of nitrogens with zero attached hydrogens (tertiary/aromatic N) is 3. The van der Waals surface area contributed by atoms with Crippen molar-refractivity contribution in [3.05, 3.63) is 52.6 Å². The Balaban J connectivity index is 2.09. The third-order valence-electron chi connectivity index (χ3n) is 3.08. The van der Waals surface area contributed by atoms with Crippen LogP contribution in [0.1, 0.15) is 17.4 Å². The molecule has 1 aromatic heterocycles. The molecule has 1 amide bonds. The highest BCUT2D eigenvalue weighted by atomic mass is 16.6. The van der Waals surface area contributed by atoms with E-state index in [1.807, 2.05) is 0 Å². The maximum atomic E-state index is 12.2. The maximum absolute atomic E-state index is 12.2. The zero-order chi connectivity index (χ0) is 18.4. The summed E-state index contributed by atoms with van der Waals surface area (Å²) < 4.78 is 10.0. The summed E-state index contributed by atoms with van der Waals surface area (Å²) in [5.74, 6) is -1.27. The van der Waals surface area contributed by atoms with Gasteiger partial charge in [-0.1, -0.05) is 0 Å². The van der Waals surface area contributed by atoms with Gasteiger partial charge in [0.1, 0.15) is 5.75 Å². The van der Waals surface area contributed by atoms with E-state index in [4.69, 9.17) is 9.47 Å². The molecular weight excluding hydrogens is 332 g/mol. The molecule has 0 saturated carbocycles. The molecule has 0 aliphatic heterocycles. The number of carbonyl (C=O) groups is 2. The van der Waals surface area contributed by atoms with Gasteiger partial charge < -0.3 is 14.8 Å². The normalized spacial score (nSPS) is 11.3. The standard InChI is InChI=1S/C15H14N4O6/c1-9(25-15(21)12-8-16-5-6-17-12)14(20)18-11-7-10(19(22)23)3-4-13(11)24-2/h3-9H,1-2H3,(H,18,20)/t9-/m1/s1. The SMILES string of the molecule is COc1ccc([N+](=O)[O-])cc1NC(=O)[C@@H](C)OC(=O)c1cnccn1. The smallest absolute Gasteiger partial charge is 0.359 e. The van der Waals surface area contributed by atoms with E-state index in [0.29, 0.717) is 0 Å². The Bertz CT molecular complexity index is 796. The minimum atomic E-state index is -1.17. The van der Waals surface area contributed by atoms with E-state index in [9.17, 15) is 19.7 Å². The second-order valence-corrected chi connectivity index (χ2v) is 4.77. The van der Waals surface area contributed by atoms with Gasteiger partial charge in [-0.05, 0) is 13.0 Å². The summed E-state index contributed by atoms with van der Waals surface area (Å²) in [5, 5.41) is 13.3. The zero-order valence-corrected chi connectivity index (χ0v) is 13.3. The van der Waals surface area contributed by atoms with Crippen LogP contribution in [0.5, 0.6) is 5.75 Å². The molecule has 0 aliphatic carbocycles. The van der Waals surface area contributed by atoms with Gasteiger partial charge in [-0.3, -0.25) is 19.9 Å². The third-order valence-corrected chi connectivity index (χ3v) is 3.08. The van der Waals surface area contributed by atoms with Gasteiger partial charge in [0.25, 0.3) is 11.6 Å². The van der Waals surface area contributed by atoms with Crippen LogP contribution in [0.15, 0.2) is 36.8 Å². The molecule has 10 nitrogen and oxygen atoms in total. The average Bonchev–Trinajstić information content (AvgIpc) is 2.62. The van der Waals surface area contributed by atoms with Gasteiger partial charge >= 0.3 is 5.97 Å². The summed E-state index contributed by atoms with van der Waals surface area (Å²) in [6, 6.07) is 3.74. The van der Waals surface area contributed by atoms with Crippen LogP contribution in [0, 0.1) is 10.1 Å². The number of nitro benzene ring substituents is 1. The Morgan fingerprint density at radius 1 is 1.32 bits per heavy atom. The van der Waals surface area contributed by atoms with Crippen LogP contribution >= 0.6 is 0 Å². The van der Waals surface area contributed by atoms with Gasteiger partial charge in [-0.15, -0.1) is 0 Å². The van der Waals surface area contributed by atoms with Crippen molar-refractivity contribution in [2.24, 2.45) is 0 Å². The van der Waals surface area contributed by atoms with E-state index < -0.39 is 22.9 Å². The number of aromatic nitrogens is 2. The number of methoxy groups -OCH3 is 1. The summed E-state index contributed by atoms with van der Waals surface area (Å²) in [6.07, 6.45) is 2.74. The predicted molar refractivity (Wildman–Crippen MR) is 85.2 cm³/mol. The molecule has 2 aromatic rings. The molecule has 0 bridgehead atoms.